The van der Waals surface area contributed by atoms with E-state index in [9.17, 15) is 102 Å². The van der Waals surface area contributed by atoms with Gasteiger partial charge < -0.3 is 110 Å². The summed E-state index contributed by atoms with van der Waals surface area (Å²) in [6.45, 7) is 8.66. The van der Waals surface area contributed by atoms with E-state index in [-0.39, 0.29) is 68.0 Å². The first-order valence-electron chi connectivity index (χ1n) is 32.6. The number of rotatable bonds is 39. The summed E-state index contributed by atoms with van der Waals surface area (Å²) in [7, 11) is -5.46. The zero-order valence-electron chi connectivity index (χ0n) is 56.7. The number of urea groups is 1. The second-order valence-electron chi connectivity index (χ2n) is 25.4. The lowest BCUT2D eigenvalue weighted by molar-refractivity contribution is -0.144. The number of likely N-dealkylation sites (tertiary alicyclic amines) is 2. The molecule has 4 rings (SSSR count). The number of fused-ring (bicyclic) bond motifs is 1. The van der Waals surface area contributed by atoms with Crippen LogP contribution in [0.4, 0.5) is 4.79 Å². The SMILES string of the molecule is CC(C)[C@H](NC(=O)[C@@H](NC(=O)[C@@H]1CCCN1C(=O)CNC(=O)CNC(=O)CCCC[C@@H]1SC[C@@H]2NC(=O)N[C@@H]21)C(C)C)C(=O)N[C@H](C(=O)N[C@@H](CS)C(=O)N[C@H](C(=O)N1CCC[C@H]1C(=O)N[C@@H](CO)C(=O)N[C@@H](CS)C(=O)N[C@H](C(=O)N[C@@H](C)C(N)=O)[C@@H](C)O)[C@@H](C)OP(=O)(O)O)[C@@H](C)O. The maximum atomic E-state index is 14.4. The molecule has 0 aromatic carbocycles. The van der Waals surface area contributed by atoms with Gasteiger partial charge in [-0.15, -0.1) is 0 Å². The first kappa shape index (κ1) is 85.3. The van der Waals surface area contributed by atoms with Crippen molar-refractivity contribution in [2.75, 3.05) is 50.0 Å². The molecular formula is C58H97N16O22PS3. The number of nitrogens with two attached hydrogens (primary N) is 1. The number of unbranched alkanes of at least 4 members (excludes halogenated alkanes) is 1. The molecule has 0 unspecified atom stereocenters. The van der Waals surface area contributed by atoms with Gasteiger partial charge in [0.15, 0.2) is 0 Å². The molecule has 4 aliphatic rings. The van der Waals surface area contributed by atoms with Crippen LogP contribution in [0, 0.1) is 11.8 Å². The Hall–Kier alpha value is -7.11. The minimum Gasteiger partial charge on any atom is -0.394 e. The molecule has 20 N–H and O–H groups in total. The molecule has 0 saturated carbocycles. The van der Waals surface area contributed by atoms with Gasteiger partial charge in [0.25, 0.3) is 0 Å². The zero-order valence-corrected chi connectivity index (χ0v) is 60.2. The fraction of sp³-hybridized carbons (Fsp3) is 0.741. The van der Waals surface area contributed by atoms with Gasteiger partial charge in [-0.3, -0.25) is 71.6 Å². The average molecular weight is 1500 g/mol. The highest BCUT2D eigenvalue weighted by Gasteiger charge is 2.46. The van der Waals surface area contributed by atoms with Crippen molar-refractivity contribution >= 4 is 134 Å². The quantitative estimate of drug-likeness (QED) is 0.0118. The normalized spacial score (nSPS) is 21.6. The number of carbonyl (C=O) groups excluding carboxylic acids is 15. The van der Waals surface area contributed by atoms with Crippen LogP contribution in [0.25, 0.3) is 0 Å². The number of hydrogen-bond donors (Lipinski definition) is 21. The summed E-state index contributed by atoms with van der Waals surface area (Å²) in [5.41, 5.74) is 5.18. The molecule has 4 aliphatic heterocycles. The number of carbonyl (C=O) groups is 15. The maximum Gasteiger partial charge on any atom is 0.469 e. The van der Waals surface area contributed by atoms with Crippen molar-refractivity contribution in [2.45, 2.75) is 209 Å². The molecule has 564 valence electrons. The van der Waals surface area contributed by atoms with Crippen molar-refractivity contribution in [1.29, 1.82) is 0 Å². The van der Waals surface area contributed by atoms with Crippen LogP contribution in [0.15, 0.2) is 0 Å². The highest BCUT2D eigenvalue weighted by Crippen LogP contribution is 2.39. The molecule has 16 amide bonds. The van der Waals surface area contributed by atoms with Crippen molar-refractivity contribution in [3.8, 4) is 0 Å². The summed E-state index contributed by atoms with van der Waals surface area (Å²) < 4.78 is 16.9. The van der Waals surface area contributed by atoms with Gasteiger partial charge in [-0.25, -0.2) is 9.36 Å². The van der Waals surface area contributed by atoms with Crippen molar-refractivity contribution in [3.63, 3.8) is 0 Å². The predicted octanol–water partition coefficient (Wildman–Crippen LogP) is -7.78. The lowest BCUT2D eigenvalue weighted by Gasteiger charge is -2.33. The number of hydrogen-bond acceptors (Lipinski definition) is 23. The second-order valence-corrected chi connectivity index (χ2v) is 28.6. The van der Waals surface area contributed by atoms with Gasteiger partial charge in [0.2, 0.25) is 82.7 Å². The number of amides is 16. The van der Waals surface area contributed by atoms with Crippen LogP contribution in [-0.2, 0) is 76.2 Å². The Morgan fingerprint density at radius 2 is 1.07 bits per heavy atom. The molecule has 17 atom stereocenters. The number of phosphoric ester groups is 1. The van der Waals surface area contributed by atoms with E-state index in [1.807, 2.05) is 0 Å². The number of aliphatic hydroxyl groups excluding tert-OH is 3. The fourth-order valence-corrected chi connectivity index (χ4v) is 13.9. The molecule has 0 bridgehead atoms. The molecule has 100 heavy (non-hydrogen) atoms. The largest absolute Gasteiger partial charge is 0.469 e. The maximum absolute atomic E-state index is 14.4. The van der Waals surface area contributed by atoms with E-state index in [1.165, 1.54) is 25.7 Å². The number of nitrogens with zero attached hydrogens (tertiary/aromatic N) is 2. The Labute approximate surface area is 592 Å². The molecule has 4 heterocycles. The van der Waals surface area contributed by atoms with Crippen LogP contribution in [0.2, 0.25) is 0 Å². The number of nitrogens with one attached hydrogen (secondary N) is 13. The molecule has 0 radical (unpaired) electrons. The third kappa shape index (κ3) is 25.4. The minimum atomic E-state index is -5.46. The molecule has 4 fully saturated rings. The van der Waals surface area contributed by atoms with E-state index in [0.717, 1.165) is 44.3 Å². The lowest BCUT2D eigenvalue weighted by atomic mass is 9.98. The first-order valence-corrected chi connectivity index (χ1v) is 36.5. The summed E-state index contributed by atoms with van der Waals surface area (Å²) in [4.78, 5) is 221. The van der Waals surface area contributed by atoms with Gasteiger partial charge >= 0.3 is 13.9 Å². The van der Waals surface area contributed by atoms with Gasteiger partial charge in [0.05, 0.1) is 50.1 Å². The highest BCUT2D eigenvalue weighted by molar-refractivity contribution is 8.00. The third-order valence-electron chi connectivity index (χ3n) is 16.9. The van der Waals surface area contributed by atoms with Gasteiger partial charge in [-0.2, -0.15) is 37.0 Å². The van der Waals surface area contributed by atoms with E-state index in [2.05, 4.69) is 94.4 Å². The van der Waals surface area contributed by atoms with Gasteiger partial charge in [0.1, 0.15) is 66.5 Å². The number of phosphoric acid groups is 1. The molecular weight excluding hydrogens is 1400 g/mol. The highest BCUT2D eigenvalue weighted by atomic mass is 32.2. The molecule has 0 aromatic heterocycles. The molecule has 42 heteroatoms. The number of primary amides is 1. The third-order valence-corrected chi connectivity index (χ3v) is 19.7. The van der Waals surface area contributed by atoms with Crippen molar-refractivity contribution in [1.82, 2.24) is 78.9 Å². The van der Waals surface area contributed by atoms with Crippen LogP contribution in [0.5, 0.6) is 0 Å². The van der Waals surface area contributed by atoms with Crippen LogP contribution < -0.4 is 74.9 Å². The first-order chi connectivity index (χ1) is 46.8. The molecule has 0 aliphatic carbocycles. The summed E-state index contributed by atoms with van der Waals surface area (Å²) >= 11 is 9.99. The minimum absolute atomic E-state index is 0.0490. The standard InChI is InChI=1S/C58H97N16O22PS3/c1-25(2)41(67-52(86)35-13-11-17-73(35)40(80)20-61-39(79)19-60-38(78)16-10-9-15-37-46-34(24-100-37)66-58(92)72-46)53(87)68-42(26(3)4)54(88)70-44(29(7)77)56(90)65-33(23-99)50(84)71-45(30(8)96-97(93,94)95)57(91)74-18-12-14-36(74)51(85)63-31(21-75)48(82)64-32(22-98)49(83)69-43(28(6)76)55(89)62-27(5)47(59)81/h25-37,41-46,75-77,98-99H,9-24H2,1-8H3,(H2,59,81)(H,60,78)(H,61,79)(H,62,89)(H,63,85)(H,64,82)(H,65,90)(H,67,86)(H,68,87)(H,69,83)(H,70,88)(H,71,84)(H2,66,72,92)(H2,93,94,95)/t27-,28+,29+,30+,31-,32-,33-,34-,35-,36-,37-,41-,42-,43-,44-,45-,46-/m0/s1. The number of thiol groups is 2. The van der Waals surface area contributed by atoms with Crippen molar-refractivity contribution in [2.24, 2.45) is 17.6 Å². The summed E-state index contributed by atoms with van der Waals surface area (Å²) in [5, 5.41) is 63.4. The van der Waals surface area contributed by atoms with E-state index < -0.39 is 212 Å². The smallest absolute Gasteiger partial charge is 0.394 e. The average Bonchev–Trinajstić information content (AvgIpc) is 1.68. The summed E-state index contributed by atoms with van der Waals surface area (Å²) in [6.07, 6.45) is -2.31. The Balaban J connectivity index is 1.36. The topological polar surface area (TPSA) is 572 Å². The van der Waals surface area contributed by atoms with Gasteiger partial charge in [0, 0.05) is 42.0 Å². The summed E-state index contributed by atoms with van der Waals surface area (Å²) in [6, 6.07) is -17.4. The van der Waals surface area contributed by atoms with E-state index >= 15 is 0 Å². The van der Waals surface area contributed by atoms with Gasteiger partial charge in [-0.1, -0.05) is 34.1 Å². The number of aliphatic hydroxyl groups is 3. The van der Waals surface area contributed by atoms with Crippen LogP contribution in [-0.4, -0.2) is 276 Å². The Morgan fingerprint density at radius 3 is 1.60 bits per heavy atom. The summed E-state index contributed by atoms with van der Waals surface area (Å²) in [5.74, 6) is -14.7. The number of thioether (sulfide) groups is 1. The van der Waals surface area contributed by atoms with Gasteiger partial charge in [-0.05, 0) is 78.1 Å². The monoisotopic (exact) mass is 1500 g/mol. The van der Waals surface area contributed by atoms with Crippen molar-refractivity contribution < 1.29 is 106 Å². The molecule has 4 saturated heterocycles. The Morgan fingerprint density at radius 1 is 0.600 bits per heavy atom. The zero-order chi connectivity index (χ0) is 75.2. The van der Waals surface area contributed by atoms with Crippen LogP contribution in [0.1, 0.15) is 107 Å². The molecule has 0 aromatic rings. The van der Waals surface area contributed by atoms with E-state index in [1.54, 1.807) is 25.6 Å². The molecule has 38 nitrogen and oxygen atoms in total. The molecule has 0 spiro atoms. The lowest BCUT2D eigenvalue weighted by Crippen LogP contribution is -2.64. The Bertz CT molecular complexity index is 3030. The van der Waals surface area contributed by atoms with Crippen molar-refractivity contribution in [3.05, 3.63) is 0 Å². The van der Waals surface area contributed by atoms with E-state index in [4.69, 9.17) is 10.3 Å². The fourth-order valence-electron chi connectivity index (χ4n) is 11.2. The Kier molecular flexibility index (Phi) is 34.1. The van der Waals surface area contributed by atoms with E-state index in [0.29, 0.717) is 12.8 Å². The predicted molar refractivity (Wildman–Crippen MR) is 362 cm³/mol. The van der Waals surface area contributed by atoms with Crippen LogP contribution >= 0.6 is 44.8 Å². The van der Waals surface area contributed by atoms with Crippen LogP contribution in [0.3, 0.4) is 0 Å². The second kappa shape index (κ2) is 39.9.